The normalized spacial score (nSPS) is 10.5. The van der Waals surface area contributed by atoms with Crippen molar-refractivity contribution in [1.82, 2.24) is 5.32 Å². The fourth-order valence-corrected chi connectivity index (χ4v) is 3.33. The molecular weight excluding hydrogens is 317 g/mol. The lowest BCUT2D eigenvalue weighted by Crippen LogP contribution is -2.23. The van der Waals surface area contributed by atoms with Gasteiger partial charge in [0.15, 0.2) is 0 Å². The summed E-state index contributed by atoms with van der Waals surface area (Å²) in [5, 5.41) is 2.85. The molecule has 1 N–H and O–H groups in total. The zero-order valence-electron chi connectivity index (χ0n) is 10.6. The van der Waals surface area contributed by atoms with Crippen LogP contribution in [0.1, 0.15) is 16.1 Å². The van der Waals surface area contributed by atoms with Crippen LogP contribution in [0.2, 0.25) is 4.34 Å². The van der Waals surface area contributed by atoms with E-state index in [1.807, 2.05) is 0 Å². The summed E-state index contributed by atoms with van der Waals surface area (Å²) in [5.74, 6) is 0.557. The van der Waals surface area contributed by atoms with Gasteiger partial charge in [-0.05, 0) is 48.6 Å². The molecule has 1 amide bonds. The second kappa shape index (κ2) is 7.67. The predicted octanol–water partition coefficient (Wildman–Crippen LogP) is 4.45. The Hall–Kier alpha value is -1.04. The summed E-state index contributed by atoms with van der Waals surface area (Å²) < 4.78 is 13.3. The highest BCUT2D eigenvalue weighted by Gasteiger charge is 2.07. The van der Waals surface area contributed by atoms with Gasteiger partial charge in [0.05, 0.1) is 9.21 Å². The molecule has 1 aromatic heterocycles. The van der Waals surface area contributed by atoms with Crippen molar-refractivity contribution in [3.8, 4) is 0 Å². The van der Waals surface area contributed by atoms with E-state index in [9.17, 15) is 9.18 Å². The molecule has 1 heterocycles. The summed E-state index contributed by atoms with van der Waals surface area (Å²) in [4.78, 5) is 13.4. The van der Waals surface area contributed by atoms with Crippen LogP contribution in [0, 0.1) is 5.82 Å². The molecule has 0 fully saturated rings. The van der Waals surface area contributed by atoms with Gasteiger partial charge in [-0.25, -0.2) is 4.39 Å². The summed E-state index contributed by atoms with van der Waals surface area (Å²) in [6, 6.07) is 9.84. The number of rotatable bonds is 6. The lowest BCUT2D eigenvalue weighted by Gasteiger charge is -2.04. The molecule has 0 saturated carbocycles. The van der Waals surface area contributed by atoms with Crippen LogP contribution >= 0.6 is 34.7 Å². The van der Waals surface area contributed by atoms with E-state index >= 15 is 0 Å². The van der Waals surface area contributed by atoms with E-state index in [1.165, 1.54) is 23.5 Å². The highest BCUT2D eigenvalue weighted by atomic mass is 35.5. The molecule has 0 unspecified atom stereocenters. The molecule has 106 valence electrons. The fraction of sp³-hybridized carbons (Fsp3) is 0.214. The second-order valence-electron chi connectivity index (χ2n) is 4.02. The van der Waals surface area contributed by atoms with Crippen molar-refractivity contribution in [2.45, 2.75) is 11.3 Å². The first-order valence-corrected chi connectivity index (χ1v) is 8.25. The number of nitrogens with one attached hydrogen (secondary N) is 1. The van der Waals surface area contributed by atoms with E-state index in [0.29, 0.717) is 15.8 Å². The SMILES string of the molecule is O=C(NCCCSc1ccc(F)cc1)c1ccc(Cl)s1. The predicted molar refractivity (Wildman–Crippen MR) is 83.4 cm³/mol. The van der Waals surface area contributed by atoms with E-state index in [1.54, 1.807) is 36.0 Å². The van der Waals surface area contributed by atoms with Crippen molar-refractivity contribution in [1.29, 1.82) is 0 Å². The minimum Gasteiger partial charge on any atom is -0.351 e. The maximum atomic E-state index is 12.7. The minimum absolute atomic E-state index is 0.0892. The van der Waals surface area contributed by atoms with Gasteiger partial charge >= 0.3 is 0 Å². The molecule has 0 radical (unpaired) electrons. The van der Waals surface area contributed by atoms with E-state index in [4.69, 9.17) is 11.6 Å². The number of carbonyl (C=O) groups excluding carboxylic acids is 1. The molecule has 0 aliphatic carbocycles. The van der Waals surface area contributed by atoms with E-state index < -0.39 is 0 Å². The highest BCUT2D eigenvalue weighted by Crippen LogP contribution is 2.21. The first-order valence-electron chi connectivity index (χ1n) is 6.07. The van der Waals surface area contributed by atoms with Gasteiger partial charge in [-0.2, -0.15) is 0 Å². The molecule has 1 aromatic carbocycles. The Morgan fingerprint density at radius 3 is 2.65 bits per heavy atom. The number of amides is 1. The number of halogens is 2. The van der Waals surface area contributed by atoms with Gasteiger partial charge in [-0.3, -0.25) is 4.79 Å². The largest absolute Gasteiger partial charge is 0.351 e. The van der Waals surface area contributed by atoms with Crippen molar-refractivity contribution in [2.24, 2.45) is 0 Å². The summed E-state index contributed by atoms with van der Waals surface area (Å²) >= 11 is 8.69. The van der Waals surface area contributed by atoms with E-state index in [-0.39, 0.29) is 11.7 Å². The van der Waals surface area contributed by atoms with E-state index in [2.05, 4.69) is 5.32 Å². The molecule has 2 nitrogen and oxygen atoms in total. The van der Waals surface area contributed by atoms with Gasteiger partial charge in [0.1, 0.15) is 5.82 Å². The molecule has 0 spiro atoms. The molecule has 0 atom stereocenters. The van der Waals surface area contributed by atoms with Crippen molar-refractivity contribution < 1.29 is 9.18 Å². The lowest BCUT2D eigenvalue weighted by atomic mass is 10.4. The third-order valence-electron chi connectivity index (χ3n) is 2.49. The Kier molecular flexibility index (Phi) is 5.88. The zero-order valence-corrected chi connectivity index (χ0v) is 13.0. The third kappa shape index (κ3) is 4.81. The summed E-state index contributed by atoms with van der Waals surface area (Å²) in [6.07, 6.45) is 0.854. The number of hydrogen-bond donors (Lipinski definition) is 1. The third-order valence-corrected chi connectivity index (χ3v) is 4.81. The topological polar surface area (TPSA) is 29.1 Å². The quantitative estimate of drug-likeness (QED) is 0.626. The Morgan fingerprint density at radius 2 is 2.00 bits per heavy atom. The maximum Gasteiger partial charge on any atom is 0.261 e. The summed E-state index contributed by atoms with van der Waals surface area (Å²) in [5.41, 5.74) is 0. The smallest absolute Gasteiger partial charge is 0.261 e. The van der Waals surface area contributed by atoms with E-state index in [0.717, 1.165) is 17.1 Å². The van der Waals surface area contributed by atoms with Crippen molar-refractivity contribution in [3.05, 3.63) is 51.4 Å². The molecule has 0 aliphatic heterocycles. The Balaban J connectivity index is 1.64. The van der Waals surface area contributed by atoms with Gasteiger partial charge in [-0.15, -0.1) is 23.1 Å². The average molecular weight is 330 g/mol. The van der Waals surface area contributed by atoms with Crippen molar-refractivity contribution >= 4 is 40.6 Å². The molecule has 2 aromatic rings. The average Bonchev–Trinajstić information content (AvgIpc) is 2.87. The first kappa shape index (κ1) is 15.4. The van der Waals surface area contributed by atoms with Gasteiger partial charge in [-0.1, -0.05) is 11.6 Å². The Morgan fingerprint density at radius 1 is 1.25 bits per heavy atom. The molecule has 0 aliphatic rings. The van der Waals surface area contributed by atoms with Crippen molar-refractivity contribution in [3.63, 3.8) is 0 Å². The summed E-state index contributed by atoms with van der Waals surface area (Å²) in [7, 11) is 0. The number of thiophene rings is 1. The van der Waals surface area contributed by atoms with Gasteiger partial charge in [0, 0.05) is 11.4 Å². The molecule has 20 heavy (non-hydrogen) atoms. The van der Waals surface area contributed by atoms with Crippen LogP contribution < -0.4 is 5.32 Å². The number of thioether (sulfide) groups is 1. The first-order chi connectivity index (χ1) is 9.65. The maximum absolute atomic E-state index is 12.7. The minimum atomic E-state index is -0.226. The van der Waals surface area contributed by atoms with Crippen LogP contribution in [0.15, 0.2) is 41.3 Å². The molecule has 2 rings (SSSR count). The van der Waals surface area contributed by atoms with Crippen LogP contribution in [0.4, 0.5) is 4.39 Å². The standard InChI is InChI=1S/C14H13ClFNOS2/c15-13-7-6-12(20-13)14(18)17-8-1-9-19-11-4-2-10(16)3-5-11/h2-7H,1,8-9H2,(H,17,18). The van der Waals surface area contributed by atoms with Gasteiger partial charge in [0.25, 0.3) is 5.91 Å². The van der Waals surface area contributed by atoms with Gasteiger partial charge < -0.3 is 5.32 Å². The summed E-state index contributed by atoms with van der Waals surface area (Å²) in [6.45, 7) is 0.614. The second-order valence-corrected chi connectivity index (χ2v) is 6.90. The van der Waals surface area contributed by atoms with Crippen LogP contribution in [-0.2, 0) is 0 Å². The van der Waals surface area contributed by atoms with Crippen LogP contribution in [0.5, 0.6) is 0 Å². The highest BCUT2D eigenvalue weighted by molar-refractivity contribution is 7.99. The molecular formula is C14H13ClFNOS2. The van der Waals surface area contributed by atoms with Crippen LogP contribution in [0.25, 0.3) is 0 Å². The molecule has 6 heteroatoms. The monoisotopic (exact) mass is 329 g/mol. The van der Waals surface area contributed by atoms with Crippen molar-refractivity contribution in [2.75, 3.05) is 12.3 Å². The number of hydrogen-bond acceptors (Lipinski definition) is 3. The van der Waals surface area contributed by atoms with Crippen LogP contribution in [0.3, 0.4) is 0 Å². The Labute approximate surface area is 130 Å². The number of benzene rings is 1. The molecule has 0 saturated heterocycles. The van der Waals surface area contributed by atoms with Gasteiger partial charge in [0.2, 0.25) is 0 Å². The lowest BCUT2D eigenvalue weighted by molar-refractivity contribution is 0.0958. The Bertz CT molecular complexity index is 571. The fourth-order valence-electron chi connectivity index (χ4n) is 1.52. The van der Waals surface area contributed by atoms with Crippen LogP contribution in [-0.4, -0.2) is 18.2 Å². The zero-order chi connectivity index (χ0) is 14.4. The number of carbonyl (C=O) groups is 1. The molecule has 0 bridgehead atoms.